The van der Waals surface area contributed by atoms with E-state index in [0.29, 0.717) is 30.7 Å². The molecule has 1 aromatic carbocycles. The minimum absolute atomic E-state index is 0.184. The van der Waals surface area contributed by atoms with Crippen LogP contribution in [0.4, 0.5) is 13.2 Å². The Labute approximate surface area is 152 Å². The predicted octanol–water partition coefficient (Wildman–Crippen LogP) is 4.22. The summed E-state index contributed by atoms with van der Waals surface area (Å²) in [5.41, 5.74) is -0.339. The summed E-state index contributed by atoms with van der Waals surface area (Å²) in [7, 11) is 0. The standard InChI is InChI=1S/C19H27F3N2O2/c1-4-6-16(14-7-5-8-15(11-14)19(20,21)22)24-18(26)12-23-17(25)10-9-13(2)3/h5,7-8,11,13,16H,4,6,9-10,12H2,1-3H3,(H,23,25)(H,24,26). The molecule has 26 heavy (non-hydrogen) atoms. The topological polar surface area (TPSA) is 58.2 Å². The van der Waals surface area contributed by atoms with Crippen LogP contribution in [-0.2, 0) is 15.8 Å². The van der Waals surface area contributed by atoms with Gasteiger partial charge >= 0.3 is 6.18 Å². The summed E-state index contributed by atoms with van der Waals surface area (Å²) < 4.78 is 38.7. The second-order valence-electron chi connectivity index (χ2n) is 6.74. The van der Waals surface area contributed by atoms with Crippen LogP contribution >= 0.6 is 0 Å². The third-order valence-electron chi connectivity index (χ3n) is 3.92. The van der Waals surface area contributed by atoms with Crippen molar-refractivity contribution in [2.45, 2.75) is 58.7 Å². The molecule has 0 heterocycles. The lowest BCUT2D eigenvalue weighted by Crippen LogP contribution is -2.38. The van der Waals surface area contributed by atoms with Crippen LogP contribution in [-0.4, -0.2) is 18.4 Å². The first-order chi connectivity index (χ1) is 12.1. The summed E-state index contributed by atoms with van der Waals surface area (Å²) in [5.74, 6) is -0.233. The van der Waals surface area contributed by atoms with E-state index >= 15 is 0 Å². The van der Waals surface area contributed by atoms with E-state index in [-0.39, 0.29) is 12.5 Å². The van der Waals surface area contributed by atoms with Crippen molar-refractivity contribution >= 4 is 11.8 Å². The fourth-order valence-electron chi connectivity index (χ4n) is 2.47. The summed E-state index contributed by atoms with van der Waals surface area (Å²) in [6, 6.07) is 4.44. The van der Waals surface area contributed by atoms with Crippen LogP contribution in [0.15, 0.2) is 24.3 Å². The molecule has 7 heteroatoms. The summed E-state index contributed by atoms with van der Waals surface area (Å²) in [6.45, 7) is 5.71. The number of carbonyl (C=O) groups is 2. The van der Waals surface area contributed by atoms with E-state index in [4.69, 9.17) is 0 Å². The molecule has 2 N–H and O–H groups in total. The zero-order valence-electron chi connectivity index (χ0n) is 15.5. The molecule has 0 aliphatic rings. The fraction of sp³-hybridized carbons (Fsp3) is 0.579. The number of carbonyl (C=O) groups excluding carboxylic acids is 2. The Morgan fingerprint density at radius 3 is 2.38 bits per heavy atom. The number of rotatable bonds is 9. The van der Waals surface area contributed by atoms with Crippen molar-refractivity contribution in [2.24, 2.45) is 5.92 Å². The molecule has 0 saturated heterocycles. The van der Waals surface area contributed by atoms with Crippen LogP contribution in [0.1, 0.15) is 63.6 Å². The maximum atomic E-state index is 12.9. The highest BCUT2D eigenvalue weighted by atomic mass is 19.4. The minimum atomic E-state index is -4.43. The Morgan fingerprint density at radius 2 is 1.81 bits per heavy atom. The molecule has 1 unspecified atom stereocenters. The Bertz CT molecular complexity index is 601. The van der Waals surface area contributed by atoms with Gasteiger partial charge in [-0.15, -0.1) is 0 Å². The van der Waals surface area contributed by atoms with E-state index in [2.05, 4.69) is 10.6 Å². The molecular formula is C19H27F3N2O2. The average Bonchev–Trinajstić information content (AvgIpc) is 2.57. The third-order valence-corrected chi connectivity index (χ3v) is 3.92. The van der Waals surface area contributed by atoms with E-state index < -0.39 is 23.7 Å². The molecular weight excluding hydrogens is 345 g/mol. The van der Waals surface area contributed by atoms with Gasteiger partial charge in [0.05, 0.1) is 18.2 Å². The Hall–Kier alpha value is -2.05. The monoisotopic (exact) mass is 372 g/mol. The Balaban J connectivity index is 2.68. The van der Waals surface area contributed by atoms with Crippen LogP contribution < -0.4 is 10.6 Å². The van der Waals surface area contributed by atoms with Gasteiger partial charge in [-0.2, -0.15) is 13.2 Å². The van der Waals surface area contributed by atoms with Crippen molar-refractivity contribution in [3.8, 4) is 0 Å². The normalized spacial score (nSPS) is 12.7. The molecule has 0 fully saturated rings. The lowest BCUT2D eigenvalue weighted by molar-refractivity contribution is -0.137. The second-order valence-corrected chi connectivity index (χ2v) is 6.74. The average molecular weight is 372 g/mol. The highest BCUT2D eigenvalue weighted by Crippen LogP contribution is 2.31. The van der Waals surface area contributed by atoms with Gasteiger partial charge in [-0.25, -0.2) is 0 Å². The maximum absolute atomic E-state index is 12.9. The van der Waals surface area contributed by atoms with E-state index in [9.17, 15) is 22.8 Å². The Kier molecular flexibility index (Phi) is 8.61. The lowest BCUT2D eigenvalue weighted by Gasteiger charge is -2.20. The van der Waals surface area contributed by atoms with E-state index in [1.807, 2.05) is 20.8 Å². The number of halogens is 3. The van der Waals surface area contributed by atoms with Crippen LogP contribution in [0.2, 0.25) is 0 Å². The zero-order chi connectivity index (χ0) is 19.7. The molecule has 1 atom stereocenters. The van der Waals surface area contributed by atoms with Crippen LogP contribution in [0, 0.1) is 5.92 Å². The SMILES string of the molecule is CCCC(NC(=O)CNC(=O)CCC(C)C)c1cccc(C(F)(F)F)c1. The van der Waals surface area contributed by atoms with Crippen molar-refractivity contribution in [1.82, 2.24) is 10.6 Å². The minimum Gasteiger partial charge on any atom is -0.348 e. The van der Waals surface area contributed by atoms with Gasteiger partial charge < -0.3 is 10.6 Å². The number of alkyl halides is 3. The second kappa shape index (κ2) is 10.2. The molecule has 0 spiro atoms. The van der Waals surface area contributed by atoms with Gasteiger partial charge in [0.1, 0.15) is 0 Å². The highest BCUT2D eigenvalue weighted by molar-refractivity contribution is 5.84. The Morgan fingerprint density at radius 1 is 1.12 bits per heavy atom. The summed E-state index contributed by atoms with van der Waals surface area (Å²) in [6.07, 6.45) is -2.15. The van der Waals surface area contributed by atoms with E-state index in [0.717, 1.165) is 18.6 Å². The number of benzene rings is 1. The summed E-state index contributed by atoms with van der Waals surface area (Å²) in [4.78, 5) is 23.8. The third kappa shape index (κ3) is 7.89. The first kappa shape index (κ1) is 22.0. The molecule has 146 valence electrons. The van der Waals surface area contributed by atoms with Crippen molar-refractivity contribution < 1.29 is 22.8 Å². The lowest BCUT2D eigenvalue weighted by atomic mass is 10.00. The van der Waals surface area contributed by atoms with Crippen LogP contribution in [0.25, 0.3) is 0 Å². The van der Waals surface area contributed by atoms with Crippen molar-refractivity contribution in [3.63, 3.8) is 0 Å². The smallest absolute Gasteiger partial charge is 0.348 e. The van der Waals surface area contributed by atoms with Crippen LogP contribution in [0.3, 0.4) is 0 Å². The molecule has 0 aliphatic heterocycles. The van der Waals surface area contributed by atoms with Crippen molar-refractivity contribution in [1.29, 1.82) is 0 Å². The van der Waals surface area contributed by atoms with Gasteiger partial charge in [-0.3, -0.25) is 9.59 Å². The molecule has 2 amide bonds. The first-order valence-electron chi connectivity index (χ1n) is 8.86. The molecule has 0 aliphatic carbocycles. The van der Waals surface area contributed by atoms with E-state index in [1.54, 1.807) is 6.07 Å². The maximum Gasteiger partial charge on any atom is 0.416 e. The van der Waals surface area contributed by atoms with E-state index in [1.165, 1.54) is 6.07 Å². The van der Waals surface area contributed by atoms with Gasteiger partial charge in [-0.05, 0) is 36.5 Å². The predicted molar refractivity (Wildman–Crippen MR) is 94.3 cm³/mol. The quantitative estimate of drug-likeness (QED) is 0.682. The van der Waals surface area contributed by atoms with Crippen molar-refractivity contribution in [2.75, 3.05) is 6.54 Å². The molecule has 0 radical (unpaired) electrons. The molecule has 0 aromatic heterocycles. The molecule has 1 rings (SSSR count). The van der Waals surface area contributed by atoms with Gasteiger partial charge in [0.2, 0.25) is 11.8 Å². The van der Waals surface area contributed by atoms with Gasteiger partial charge in [0, 0.05) is 6.42 Å². The van der Waals surface area contributed by atoms with Gasteiger partial charge in [0.25, 0.3) is 0 Å². The largest absolute Gasteiger partial charge is 0.416 e. The molecule has 0 bridgehead atoms. The zero-order valence-corrected chi connectivity index (χ0v) is 15.5. The first-order valence-corrected chi connectivity index (χ1v) is 8.86. The van der Waals surface area contributed by atoms with Crippen molar-refractivity contribution in [3.05, 3.63) is 35.4 Å². The highest BCUT2D eigenvalue weighted by Gasteiger charge is 2.31. The summed E-state index contributed by atoms with van der Waals surface area (Å²) >= 11 is 0. The van der Waals surface area contributed by atoms with Gasteiger partial charge in [0.15, 0.2) is 0 Å². The number of hydrogen-bond donors (Lipinski definition) is 2. The number of hydrogen-bond acceptors (Lipinski definition) is 2. The van der Waals surface area contributed by atoms with Crippen LogP contribution in [0.5, 0.6) is 0 Å². The molecule has 4 nitrogen and oxygen atoms in total. The number of amides is 2. The van der Waals surface area contributed by atoms with Gasteiger partial charge in [-0.1, -0.05) is 39.3 Å². The number of nitrogens with one attached hydrogen (secondary N) is 2. The molecule has 1 aromatic rings. The summed E-state index contributed by atoms with van der Waals surface area (Å²) in [5, 5.41) is 5.25. The fourth-order valence-corrected chi connectivity index (χ4v) is 2.47. The molecule has 0 saturated carbocycles.